The number of fused-ring (bicyclic) bond motifs is 6. The van der Waals surface area contributed by atoms with E-state index in [1.165, 1.54) is 39.7 Å². The van der Waals surface area contributed by atoms with Crippen molar-refractivity contribution < 1.29 is 14.8 Å². The summed E-state index contributed by atoms with van der Waals surface area (Å²) in [4.78, 5) is 27.8. The molecule has 0 amide bonds. The Morgan fingerprint density at radius 1 is 0.780 bits per heavy atom. The van der Waals surface area contributed by atoms with Crippen LogP contribution in [0.25, 0.3) is 49.2 Å². The number of carbonyl (C=O) groups excluding carboxylic acids is 2. The zero-order chi connectivity index (χ0) is 34.8. The number of anilines is 1. The van der Waals surface area contributed by atoms with Gasteiger partial charge in [0, 0.05) is 37.8 Å². The van der Waals surface area contributed by atoms with Crippen LogP contribution in [0.3, 0.4) is 0 Å². The second-order valence-corrected chi connectivity index (χ2v) is 12.9. The van der Waals surface area contributed by atoms with Gasteiger partial charge in [-0.1, -0.05) is 91.0 Å². The molecule has 246 valence electrons. The number of hydroxylamine groups is 2. The Bertz CT molecular complexity index is 2420. The SMILES string of the molecule is CN(C)c1ccc2c(ccc3cc(CC=CC(=O)c4ccc5c(ccc6cc(C=CCC(=O)C7=C[CH+]C(N([O-])O)C=C7)ccc65)c4)ccc32)c1. The van der Waals surface area contributed by atoms with Gasteiger partial charge in [0.2, 0.25) is 5.78 Å². The highest BCUT2D eigenvalue weighted by molar-refractivity contribution is 6.12. The molecule has 0 radical (unpaired) electrons. The molecule has 7 rings (SSSR count). The molecule has 0 bridgehead atoms. The molecule has 0 fully saturated rings. The largest absolute Gasteiger partial charge is 0.760 e. The lowest BCUT2D eigenvalue weighted by atomic mass is 9.96. The van der Waals surface area contributed by atoms with Crippen molar-refractivity contribution in [1.82, 2.24) is 5.23 Å². The molecule has 6 aromatic rings. The van der Waals surface area contributed by atoms with E-state index in [-0.39, 0.29) is 23.2 Å². The number of Topliss-reactive ketones (excluding diaryl/α,β-unsaturated/α-hetero) is 1. The first-order chi connectivity index (χ1) is 24.2. The maximum atomic E-state index is 13.2. The molecule has 6 heteroatoms. The molecule has 0 aromatic heterocycles. The molecule has 0 spiro atoms. The predicted molar refractivity (Wildman–Crippen MR) is 205 cm³/mol. The Labute approximate surface area is 291 Å². The van der Waals surface area contributed by atoms with E-state index >= 15 is 0 Å². The summed E-state index contributed by atoms with van der Waals surface area (Å²) in [7, 11) is 4.10. The number of ketones is 2. The van der Waals surface area contributed by atoms with E-state index in [1.54, 1.807) is 18.2 Å². The van der Waals surface area contributed by atoms with Crippen LogP contribution in [0.15, 0.2) is 139 Å². The van der Waals surface area contributed by atoms with Crippen LogP contribution in [0, 0.1) is 11.6 Å². The van der Waals surface area contributed by atoms with Gasteiger partial charge >= 0.3 is 0 Å². The summed E-state index contributed by atoms with van der Waals surface area (Å²) < 4.78 is 0. The van der Waals surface area contributed by atoms with Crippen molar-refractivity contribution in [1.29, 1.82) is 0 Å². The standard InChI is InChI=1S/C44H36N2O4/c1-45(2)38-20-24-42-35(28-38)14-12-33-26-30(10-22-40(33)42)6-4-8-44(48)36-17-23-41-34(27-36)13-11-32-25-29(9-21-39(32)41)5-3-7-43(47)31-15-18-37(19-16-31)46(49)50/h3-5,8-28,37,49H,6-7H2,1-2H3. The number of rotatable bonds is 10. The summed E-state index contributed by atoms with van der Waals surface area (Å²) in [6, 6.07) is 32.8. The maximum Gasteiger partial charge on any atom is 0.247 e. The molecule has 1 aliphatic rings. The molecule has 1 atom stereocenters. The minimum absolute atomic E-state index is 0.0246. The van der Waals surface area contributed by atoms with Gasteiger partial charge in [0.25, 0.3) is 0 Å². The lowest BCUT2D eigenvalue weighted by Gasteiger charge is -2.24. The number of carbonyl (C=O) groups is 2. The van der Waals surface area contributed by atoms with Gasteiger partial charge in [0.15, 0.2) is 5.78 Å². The third kappa shape index (κ3) is 6.86. The molecule has 1 unspecified atom stereocenters. The third-order valence-corrected chi connectivity index (χ3v) is 9.30. The molecule has 0 saturated carbocycles. The first-order valence-corrected chi connectivity index (χ1v) is 16.6. The molecule has 1 aliphatic carbocycles. The number of hydrogen-bond donors (Lipinski definition) is 1. The summed E-state index contributed by atoms with van der Waals surface area (Å²) in [6.45, 7) is 0. The van der Waals surface area contributed by atoms with Crippen molar-refractivity contribution in [3.8, 4) is 0 Å². The Balaban J connectivity index is 1.00. The fourth-order valence-electron chi connectivity index (χ4n) is 6.54. The molecule has 1 N–H and O–H groups in total. The quantitative estimate of drug-likeness (QED) is 0.0520. The normalized spacial score (nSPS) is 14.7. The van der Waals surface area contributed by atoms with E-state index in [4.69, 9.17) is 5.21 Å². The highest BCUT2D eigenvalue weighted by Gasteiger charge is 2.21. The summed E-state index contributed by atoms with van der Waals surface area (Å²) in [5.74, 6) is -0.0976. The van der Waals surface area contributed by atoms with Crippen molar-refractivity contribution in [2.24, 2.45) is 0 Å². The minimum atomic E-state index is -0.772. The third-order valence-electron chi connectivity index (χ3n) is 9.30. The van der Waals surface area contributed by atoms with Crippen LogP contribution in [-0.4, -0.2) is 42.1 Å². The van der Waals surface area contributed by atoms with E-state index < -0.39 is 6.04 Å². The van der Waals surface area contributed by atoms with Crippen LogP contribution >= 0.6 is 0 Å². The molecular weight excluding hydrogens is 620 g/mol. The summed E-state index contributed by atoms with van der Waals surface area (Å²) in [6.07, 6.45) is 14.3. The van der Waals surface area contributed by atoms with Gasteiger partial charge in [-0.05, 0) is 97.1 Å². The van der Waals surface area contributed by atoms with Crippen molar-refractivity contribution >= 4 is 66.4 Å². The Morgan fingerprint density at radius 2 is 1.42 bits per heavy atom. The average molecular weight is 657 g/mol. The van der Waals surface area contributed by atoms with Crippen molar-refractivity contribution in [2.75, 3.05) is 19.0 Å². The first-order valence-electron chi connectivity index (χ1n) is 16.6. The fraction of sp³-hybridized carbons (Fsp3) is 0.114. The van der Waals surface area contributed by atoms with E-state index in [9.17, 15) is 14.8 Å². The summed E-state index contributed by atoms with van der Waals surface area (Å²) >= 11 is 0. The number of allylic oxidation sites excluding steroid dienone is 5. The van der Waals surface area contributed by atoms with Gasteiger partial charge in [0.05, 0.1) is 6.42 Å². The maximum absolute atomic E-state index is 13.2. The molecule has 6 nitrogen and oxygen atoms in total. The second-order valence-electron chi connectivity index (χ2n) is 12.9. The first kappa shape index (κ1) is 32.7. The smallest absolute Gasteiger partial charge is 0.247 e. The van der Waals surface area contributed by atoms with Crippen molar-refractivity contribution in [3.05, 3.63) is 167 Å². The highest BCUT2D eigenvalue weighted by Crippen LogP contribution is 2.30. The Hall–Kier alpha value is -5.79. The Morgan fingerprint density at radius 3 is 2.10 bits per heavy atom. The lowest BCUT2D eigenvalue weighted by Crippen LogP contribution is -2.26. The van der Waals surface area contributed by atoms with Gasteiger partial charge in [-0.2, -0.15) is 0 Å². The highest BCUT2D eigenvalue weighted by atomic mass is 16.8. The second kappa shape index (κ2) is 14.0. The van der Waals surface area contributed by atoms with Gasteiger partial charge in [-0.3, -0.25) is 9.59 Å². The van der Waals surface area contributed by atoms with Crippen molar-refractivity contribution in [2.45, 2.75) is 18.9 Å². The van der Waals surface area contributed by atoms with Crippen LogP contribution in [-0.2, 0) is 11.2 Å². The van der Waals surface area contributed by atoms with Gasteiger partial charge in [-0.15, -0.1) is 0 Å². The summed E-state index contributed by atoms with van der Waals surface area (Å²) in [5, 5.41) is 29.0. The van der Waals surface area contributed by atoms with Gasteiger partial charge in [0.1, 0.15) is 17.7 Å². The molecule has 0 heterocycles. The van der Waals surface area contributed by atoms with Crippen molar-refractivity contribution in [3.63, 3.8) is 0 Å². The average Bonchev–Trinajstić information content (AvgIpc) is 3.13. The monoisotopic (exact) mass is 656 g/mol. The van der Waals surface area contributed by atoms with Gasteiger partial charge < -0.3 is 15.3 Å². The lowest BCUT2D eigenvalue weighted by molar-refractivity contribution is -0.114. The molecule has 6 aromatic carbocycles. The predicted octanol–water partition coefficient (Wildman–Crippen LogP) is 9.58. The van der Waals surface area contributed by atoms with E-state index in [2.05, 4.69) is 85.7 Å². The molecular formula is C44H36N2O4. The molecule has 0 aliphatic heterocycles. The zero-order valence-electron chi connectivity index (χ0n) is 27.9. The van der Waals surface area contributed by atoms with E-state index in [0.717, 1.165) is 32.7 Å². The number of benzene rings is 6. The molecule has 50 heavy (non-hydrogen) atoms. The van der Waals surface area contributed by atoms with Crippen LogP contribution in [0.2, 0.25) is 0 Å². The minimum Gasteiger partial charge on any atom is -0.760 e. The molecule has 0 saturated heterocycles. The van der Waals surface area contributed by atoms with E-state index in [1.807, 2.05) is 48.6 Å². The number of nitrogens with zero attached hydrogens (tertiary/aromatic N) is 2. The summed E-state index contributed by atoms with van der Waals surface area (Å²) in [5.41, 5.74) is 4.45. The van der Waals surface area contributed by atoms with Crippen LogP contribution in [0.5, 0.6) is 0 Å². The van der Waals surface area contributed by atoms with Gasteiger partial charge in [-0.25, -0.2) is 5.23 Å². The zero-order valence-corrected chi connectivity index (χ0v) is 27.9. The number of hydrogen-bond acceptors (Lipinski definition) is 6. The van der Waals surface area contributed by atoms with E-state index in [0.29, 0.717) is 17.6 Å². The topological polar surface area (TPSA) is 83.9 Å². The Kier molecular flexibility index (Phi) is 9.15. The van der Waals surface area contributed by atoms with Crippen LogP contribution in [0.1, 0.15) is 27.9 Å². The van der Waals surface area contributed by atoms with Crippen LogP contribution < -0.4 is 4.90 Å². The fourth-order valence-corrected chi connectivity index (χ4v) is 6.54. The van der Waals surface area contributed by atoms with Crippen LogP contribution in [0.4, 0.5) is 5.69 Å².